The van der Waals surface area contributed by atoms with Crippen molar-refractivity contribution in [1.82, 2.24) is 9.97 Å². The van der Waals surface area contributed by atoms with Crippen molar-refractivity contribution in [3.63, 3.8) is 0 Å². The van der Waals surface area contributed by atoms with Gasteiger partial charge in [0.05, 0.1) is 11.0 Å². The number of carbonyl (C=O) groups excluding carboxylic acids is 3. The van der Waals surface area contributed by atoms with E-state index in [9.17, 15) is 14.4 Å². The van der Waals surface area contributed by atoms with E-state index >= 15 is 0 Å². The SMILES string of the molecule is CC(=O)Nc1ccc2nc(COC(C)=O)c(COC(C)=O)nc2c1. The lowest BCUT2D eigenvalue weighted by molar-refractivity contribution is -0.144. The van der Waals surface area contributed by atoms with Gasteiger partial charge in [0.1, 0.15) is 24.6 Å². The molecule has 8 heteroatoms. The van der Waals surface area contributed by atoms with E-state index in [-0.39, 0.29) is 19.1 Å². The second-order valence-electron chi connectivity index (χ2n) is 5.06. The number of carbonyl (C=O) groups is 3. The molecule has 0 saturated heterocycles. The van der Waals surface area contributed by atoms with Crippen molar-refractivity contribution in [2.24, 2.45) is 0 Å². The van der Waals surface area contributed by atoms with Crippen molar-refractivity contribution >= 4 is 34.6 Å². The Bertz CT molecular complexity index is 804. The maximum absolute atomic E-state index is 11.1. The Balaban J connectivity index is 2.41. The third-order valence-corrected chi connectivity index (χ3v) is 2.96. The van der Waals surface area contributed by atoms with Gasteiger partial charge in [-0.25, -0.2) is 9.97 Å². The van der Waals surface area contributed by atoms with Crippen molar-refractivity contribution in [3.05, 3.63) is 29.6 Å². The standard InChI is InChI=1S/C16H17N3O5/c1-9(20)17-12-4-5-13-14(6-12)19-16(8-24-11(3)22)15(18-13)7-23-10(2)21/h4-6H,7-8H2,1-3H3,(H,17,20). The number of nitrogens with zero attached hydrogens (tertiary/aromatic N) is 2. The van der Waals surface area contributed by atoms with Crippen molar-refractivity contribution in [2.45, 2.75) is 34.0 Å². The highest BCUT2D eigenvalue weighted by Gasteiger charge is 2.12. The minimum Gasteiger partial charge on any atom is -0.459 e. The maximum atomic E-state index is 11.1. The first-order valence-electron chi connectivity index (χ1n) is 7.19. The van der Waals surface area contributed by atoms with Crippen molar-refractivity contribution < 1.29 is 23.9 Å². The number of fused-ring (bicyclic) bond motifs is 1. The lowest BCUT2D eigenvalue weighted by atomic mass is 10.2. The molecule has 126 valence electrons. The second kappa shape index (κ2) is 7.49. The van der Waals surface area contributed by atoms with Crippen LogP contribution in [0, 0.1) is 0 Å². The molecule has 0 aliphatic rings. The minimum atomic E-state index is -0.456. The predicted molar refractivity (Wildman–Crippen MR) is 84.8 cm³/mol. The molecule has 24 heavy (non-hydrogen) atoms. The number of aromatic nitrogens is 2. The van der Waals surface area contributed by atoms with Gasteiger partial charge in [-0.3, -0.25) is 14.4 Å². The van der Waals surface area contributed by atoms with E-state index in [2.05, 4.69) is 15.3 Å². The van der Waals surface area contributed by atoms with Crippen LogP contribution in [0.5, 0.6) is 0 Å². The fraction of sp³-hybridized carbons (Fsp3) is 0.312. The molecule has 1 aromatic carbocycles. The van der Waals surface area contributed by atoms with Crippen LogP contribution in [0.25, 0.3) is 11.0 Å². The van der Waals surface area contributed by atoms with Gasteiger partial charge in [0, 0.05) is 26.5 Å². The van der Waals surface area contributed by atoms with Crippen LogP contribution in [0.1, 0.15) is 32.2 Å². The lowest BCUT2D eigenvalue weighted by Gasteiger charge is -2.11. The summed E-state index contributed by atoms with van der Waals surface area (Å²) in [7, 11) is 0. The minimum absolute atomic E-state index is 0.0671. The molecule has 1 amide bonds. The number of rotatable bonds is 5. The molecule has 0 spiro atoms. The number of esters is 2. The average molecular weight is 331 g/mol. The second-order valence-corrected chi connectivity index (χ2v) is 5.06. The van der Waals surface area contributed by atoms with Gasteiger partial charge in [0.2, 0.25) is 5.91 Å². The summed E-state index contributed by atoms with van der Waals surface area (Å²) in [5, 5.41) is 2.66. The van der Waals surface area contributed by atoms with Crippen LogP contribution in [0.15, 0.2) is 18.2 Å². The number of ether oxygens (including phenoxy) is 2. The zero-order chi connectivity index (χ0) is 17.7. The quantitative estimate of drug-likeness (QED) is 0.831. The van der Waals surface area contributed by atoms with E-state index in [4.69, 9.17) is 9.47 Å². The Morgan fingerprint density at radius 2 is 1.46 bits per heavy atom. The van der Waals surface area contributed by atoms with Gasteiger partial charge >= 0.3 is 11.9 Å². The van der Waals surface area contributed by atoms with Crippen LogP contribution >= 0.6 is 0 Å². The highest BCUT2D eigenvalue weighted by Crippen LogP contribution is 2.19. The molecule has 1 N–H and O–H groups in total. The summed E-state index contributed by atoms with van der Waals surface area (Å²) < 4.78 is 9.93. The average Bonchev–Trinajstić information content (AvgIpc) is 2.49. The van der Waals surface area contributed by atoms with E-state index < -0.39 is 11.9 Å². The zero-order valence-electron chi connectivity index (χ0n) is 13.6. The van der Waals surface area contributed by atoms with E-state index in [1.165, 1.54) is 20.8 Å². The highest BCUT2D eigenvalue weighted by atomic mass is 16.5. The van der Waals surface area contributed by atoms with Gasteiger partial charge < -0.3 is 14.8 Å². The first-order chi connectivity index (χ1) is 11.3. The molecule has 2 rings (SSSR count). The Kier molecular flexibility index (Phi) is 5.41. The number of hydrogen-bond acceptors (Lipinski definition) is 7. The fourth-order valence-corrected chi connectivity index (χ4v) is 1.98. The van der Waals surface area contributed by atoms with Crippen molar-refractivity contribution in [1.29, 1.82) is 0 Å². The highest BCUT2D eigenvalue weighted by molar-refractivity contribution is 5.91. The van der Waals surface area contributed by atoms with Gasteiger partial charge in [-0.15, -0.1) is 0 Å². The van der Waals surface area contributed by atoms with Crippen LogP contribution in [0.2, 0.25) is 0 Å². The van der Waals surface area contributed by atoms with Crippen molar-refractivity contribution in [2.75, 3.05) is 5.32 Å². The molecule has 0 radical (unpaired) electrons. The fourth-order valence-electron chi connectivity index (χ4n) is 1.98. The zero-order valence-corrected chi connectivity index (χ0v) is 13.6. The Morgan fingerprint density at radius 3 is 1.96 bits per heavy atom. The van der Waals surface area contributed by atoms with Crippen molar-refractivity contribution in [3.8, 4) is 0 Å². The molecule has 8 nitrogen and oxygen atoms in total. The third-order valence-electron chi connectivity index (χ3n) is 2.96. The molecule has 0 atom stereocenters. The van der Waals surface area contributed by atoms with E-state index in [0.717, 1.165) is 0 Å². The Labute approximate surface area is 138 Å². The number of nitrogens with one attached hydrogen (secondary N) is 1. The predicted octanol–water partition coefficient (Wildman–Crippen LogP) is 1.71. The molecular formula is C16H17N3O5. The molecule has 0 unspecified atom stereocenters. The van der Waals surface area contributed by atoms with Crippen LogP contribution < -0.4 is 5.32 Å². The first-order valence-corrected chi connectivity index (χ1v) is 7.19. The number of anilines is 1. The summed E-state index contributed by atoms with van der Waals surface area (Å²) in [5.74, 6) is -1.10. The molecule has 1 heterocycles. The van der Waals surface area contributed by atoms with Gasteiger partial charge in [-0.2, -0.15) is 0 Å². The smallest absolute Gasteiger partial charge is 0.303 e. The van der Waals surface area contributed by atoms with E-state index in [0.29, 0.717) is 28.1 Å². The summed E-state index contributed by atoms with van der Waals surface area (Å²) in [4.78, 5) is 42.0. The Morgan fingerprint density at radius 1 is 0.917 bits per heavy atom. The molecule has 0 bridgehead atoms. The van der Waals surface area contributed by atoms with Gasteiger partial charge in [-0.1, -0.05) is 0 Å². The van der Waals surface area contributed by atoms with Crippen LogP contribution in [-0.2, 0) is 37.1 Å². The van der Waals surface area contributed by atoms with Gasteiger partial charge in [0.25, 0.3) is 0 Å². The third kappa shape index (κ3) is 4.73. The monoisotopic (exact) mass is 331 g/mol. The van der Waals surface area contributed by atoms with E-state index in [1.807, 2.05) is 0 Å². The number of benzene rings is 1. The molecule has 0 aliphatic carbocycles. The topological polar surface area (TPSA) is 107 Å². The maximum Gasteiger partial charge on any atom is 0.303 e. The van der Waals surface area contributed by atoms with Gasteiger partial charge in [0.15, 0.2) is 0 Å². The Hall–Kier alpha value is -3.03. The molecule has 0 fully saturated rings. The molecule has 2 aromatic rings. The largest absolute Gasteiger partial charge is 0.459 e. The number of hydrogen-bond donors (Lipinski definition) is 1. The molecular weight excluding hydrogens is 314 g/mol. The van der Waals surface area contributed by atoms with Crippen LogP contribution in [0.4, 0.5) is 5.69 Å². The normalized spacial score (nSPS) is 10.3. The lowest BCUT2D eigenvalue weighted by Crippen LogP contribution is -2.10. The first kappa shape index (κ1) is 17.3. The van der Waals surface area contributed by atoms with Crippen LogP contribution in [0.3, 0.4) is 0 Å². The summed E-state index contributed by atoms with van der Waals surface area (Å²) in [6.07, 6.45) is 0. The van der Waals surface area contributed by atoms with Crippen LogP contribution in [-0.4, -0.2) is 27.8 Å². The van der Waals surface area contributed by atoms with E-state index in [1.54, 1.807) is 18.2 Å². The molecule has 0 saturated carbocycles. The summed E-state index contributed by atoms with van der Waals surface area (Å²) in [6, 6.07) is 5.05. The summed E-state index contributed by atoms with van der Waals surface area (Å²) in [6.45, 7) is 3.83. The molecule has 0 aliphatic heterocycles. The number of amides is 1. The summed E-state index contributed by atoms with van der Waals surface area (Å²) in [5.41, 5.74) is 2.47. The molecule has 1 aromatic heterocycles. The van der Waals surface area contributed by atoms with Gasteiger partial charge in [-0.05, 0) is 18.2 Å². The summed E-state index contributed by atoms with van der Waals surface area (Å²) >= 11 is 0.